The molecular weight excluding hydrogens is 236 g/mol. The zero-order chi connectivity index (χ0) is 2.99. The minimum Gasteiger partial charge on any atom is -0.408 e. The molecule has 1 aliphatic rings. The van der Waals surface area contributed by atoms with Crippen molar-refractivity contribution in [2.75, 3.05) is 6.61 Å². The fourth-order valence-electron chi connectivity index (χ4n) is 0.0680. The van der Waals surface area contributed by atoms with Crippen LogP contribution >= 0.6 is 0 Å². The monoisotopic (exact) mass is 241 g/mol. The van der Waals surface area contributed by atoms with Crippen molar-refractivity contribution in [2.24, 2.45) is 0 Å². The molecule has 5 heavy (non-hydrogen) atoms. The minimum atomic E-state index is 0. The summed E-state index contributed by atoms with van der Waals surface area (Å²) in [5.41, 5.74) is 0. The molecule has 0 aromatic carbocycles. The van der Waals surface area contributed by atoms with Gasteiger partial charge in [0.05, 0.1) is 0 Å². The predicted molar refractivity (Wildman–Crippen MR) is 15.1 cm³/mol. The summed E-state index contributed by atoms with van der Waals surface area (Å²) in [7, 11) is 0. The molecule has 1 nitrogen and oxygen atoms in total. The van der Waals surface area contributed by atoms with Gasteiger partial charge >= 0.3 is 0 Å². The third-order valence-electron chi connectivity index (χ3n) is 0.402. The van der Waals surface area contributed by atoms with Crippen LogP contribution in [0, 0.1) is 6.92 Å². The molecule has 0 N–H and O–H groups in total. The van der Waals surface area contributed by atoms with Gasteiger partial charge in [-0.2, -0.15) is 0 Å². The topological polar surface area (TPSA) is 12.5 Å². The van der Waals surface area contributed by atoms with E-state index < -0.39 is 0 Å². The zero-order valence-corrected chi connectivity index (χ0v) is 5.74. The Labute approximate surface area is 46.0 Å². The number of epoxide rings is 1. The van der Waals surface area contributed by atoms with Crippen LogP contribution in [0.1, 0.15) is 0 Å². The summed E-state index contributed by atoms with van der Waals surface area (Å²) < 4.78 is 4.60. The fourth-order valence-corrected chi connectivity index (χ4v) is 0.0680. The second-order valence-electron chi connectivity index (χ2n) is 0.955. The van der Waals surface area contributed by atoms with E-state index in [0.717, 1.165) is 6.61 Å². The molecule has 0 bridgehead atoms. The largest absolute Gasteiger partial charge is 0.408 e. The first-order chi connectivity index (χ1) is 1.89. The molecule has 0 aliphatic carbocycles. The van der Waals surface area contributed by atoms with Crippen LogP contribution < -0.4 is 0 Å². The number of hydrogen-bond donors (Lipinski definition) is 0. The van der Waals surface area contributed by atoms with Crippen molar-refractivity contribution in [3.05, 3.63) is 6.92 Å². The van der Waals surface area contributed by atoms with E-state index in [1.807, 2.05) is 0 Å². The van der Waals surface area contributed by atoms with E-state index in [-0.39, 0.29) is 21.1 Å². The van der Waals surface area contributed by atoms with Crippen molar-refractivity contribution in [3.8, 4) is 0 Å². The van der Waals surface area contributed by atoms with Crippen molar-refractivity contribution in [1.29, 1.82) is 0 Å². The molecular formula is C3H5OW-. The summed E-state index contributed by atoms with van der Waals surface area (Å²) in [6.07, 6.45) is 0.333. The van der Waals surface area contributed by atoms with E-state index in [0.29, 0.717) is 6.10 Å². The Bertz CT molecular complexity index is 26.1. The van der Waals surface area contributed by atoms with E-state index in [9.17, 15) is 0 Å². The average molecular weight is 241 g/mol. The second-order valence-corrected chi connectivity index (χ2v) is 0.955. The summed E-state index contributed by atoms with van der Waals surface area (Å²) in [6, 6.07) is 0. The van der Waals surface area contributed by atoms with Gasteiger partial charge in [0.1, 0.15) is 0 Å². The average Bonchev–Trinajstić information content (AvgIpc) is 1.75. The van der Waals surface area contributed by atoms with Crippen LogP contribution in [-0.4, -0.2) is 12.7 Å². The number of ether oxygens (including phenoxy) is 1. The van der Waals surface area contributed by atoms with Crippen molar-refractivity contribution in [3.63, 3.8) is 0 Å². The predicted octanol–water partition coefficient (Wildman–Crippen LogP) is 0.217. The van der Waals surface area contributed by atoms with E-state index in [1.165, 1.54) is 0 Å². The molecule has 1 rings (SSSR count). The fraction of sp³-hybridized carbons (Fsp3) is 0.667. The quantitative estimate of drug-likeness (QED) is 0.436. The standard InChI is InChI=1S/C3H5O.W/c1-3-2-4-3;/h3H,1-2H2;/q-1;. The van der Waals surface area contributed by atoms with Gasteiger partial charge in [0.2, 0.25) is 0 Å². The van der Waals surface area contributed by atoms with Crippen LogP contribution in [0.4, 0.5) is 0 Å². The molecule has 1 fully saturated rings. The Morgan fingerprint density at radius 3 is 2.00 bits per heavy atom. The van der Waals surface area contributed by atoms with Gasteiger partial charge in [-0.25, -0.2) is 0 Å². The van der Waals surface area contributed by atoms with Gasteiger partial charge in [-0.3, -0.25) is 0 Å². The van der Waals surface area contributed by atoms with Crippen LogP contribution in [-0.2, 0) is 25.8 Å². The first kappa shape index (κ1) is 5.65. The SMILES string of the molecule is [CH2-]C1CO1.[W]. The molecule has 0 aromatic rings. The van der Waals surface area contributed by atoms with Gasteiger partial charge in [-0.1, -0.05) is 0 Å². The first-order valence-corrected chi connectivity index (χ1v) is 1.34. The maximum absolute atomic E-state index is 4.60. The summed E-state index contributed by atoms with van der Waals surface area (Å²) in [5.74, 6) is 0. The third kappa shape index (κ3) is 2.45. The van der Waals surface area contributed by atoms with E-state index >= 15 is 0 Å². The van der Waals surface area contributed by atoms with Gasteiger partial charge in [0.15, 0.2) is 0 Å². The maximum Gasteiger partial charge on any atom is 0.0414 e. The molecule has 0 amide bonds. The normalized spacial score (nSPS) is 31.8. The molecule has 0 aromatic heterocycles. The second kappa shape index (κ2) is 1.94. The molecule has 1 unspecified atom stereocenters. The Morgan fingerprint density at radius 1 is 1.80 bits per heavy atom. The summed E-state index contributed by atoms with van der Waals surface area (Å²) in [5, 5.41) is 0. The van der Waals surface area contributed by atoms with Gasteiger partial charge < -0.3 is 11.7 Å². The molecule has 30 valence electrons. The summed E-state index contributed by atoms with van der Waals surface area (Å²) in [4.78, 5) is 0. The molecule has 0 radical (unpaired) electrons. The van der Waals surface area contributed by atoms with Gasteiger partial charge in [0.25, 0.3) is 0 Å². The van der Waals surface area contributed by atoms with Crippen LogP contribution in [0.25, 0.3) is 0 Å². The van der Waals surface area contributed by atoms with Crippen LogP contribution in [0.15, 0.2) is 0 Å². The van der Waals surface area contributed by atoms with E-state index in [4.69, 9.17) is 0 Å². The van der Waals surface area contributed by atoms with Gasteiger partial charge in [-0.05, 0) is 6.10 Å². The number of hydrogen-bond acceptors (Lipinski definition) is 1. The molecule has 0 saturated carbocycles. The Hall–Kier alpha value is 0.648. The van der Waals surface area contributed by atoms with Crippen LogP contribution in [0.3, 0.4) is 0 Å². The van der Waals surface area contributed by atoms with Crippen molar-refractivity contribution in [2.45, 2.75) is 6.10 Å². The Kier molecular flexibility index (Phi) is 2.19. The van der Waals surface area contributed by atoms with Crippen molar-refractivity contribution >= 4 is 0 Å². The van der Waals surface area contributed by atoms with Crippen molar-refractivity contribution < 1.29 is 25.8 Å². The van der Waals surface area contributed by atoms with Gasteiger partial charge in [-0.15, -0.1) is 0 Å². The zero-order valence-electron chi connectivity index (χ0n) is 2.81. The van der Waals surface area contributed by atoms with E-state index in [2.05, 4.69) is 11.7 Å². The van der Waals surface area contributed by atoms with Crippen LogP contribution in [0.5, 0.6) is 0 Å². The summed E-state index contributed by atoms with van der Waals surface area (Å²) in [6.45, 7) is 4.40. The molecule has 2 heteroatoms. The third-order valence-corrected chi connectivity index (χ3v) is 0.402. The first-order valence-electron chi connectivity index (χ1n) is 1.34. The molecule has 1 atom stereocenters. The van der Waals surface area contributed by atoms with Crippen LogP contribution in [0.2, 0.25) is 0 Å². The minimum absolute atomic E-state index is 0. The van der Waals surface area contributed by atoms with E-state index in [1.54, 1.807) is 0 Å². The molecule has 1 saturated heterocycles. The molecule has 0 spiro atoms. The maximum atomic E-state index is 4.60. The smallest absolute Gasteiger partial charge is 0.0414 e. The van der Waals surface area contributed by atoms with Crippen molar-refractivity contribution in [1.82, 2.24) is 0 Å². The Balaban J connectivity index is 0.000000160. The van der Waals surface area contributed by atoms with Gasteiger partial charge in [0, 0.05) is 27.7 Å². The molecule has 1 heterocycles. The summed E-state index contributed by atoms with van der Waals surface area (Å²) >= 11 is 0. The number of rotatable bonds is 0. The Morgan fingerprint density at radius 2 is 2.00 bits per heavy atom. The molecule has 1 aliphatic heterocycles.